The van der Waals surface area contributed by atoms with Crippen LogP contribution in [0.25, 0.3) is 33.5 Å². The molecule has 10 rings (SSSR count). The number of para-hydroxylation sites is 1. The van der Waals surface area contributed by atoms with Crippen molar-refractivity contribution >= 4 is 66.9 Å². The minimum absolute atomic E-state index is 0.0139. The SMILES string of the molecule is O=C(NC1CC1)c1csc(C[C@H]2CCCCC/C=C\[C@@H]3C[C@@]3(C(=O)NS(=O)(=O)C3CC3)CC(=O)[C@@H]3C[C@@H](Oc4nc(-c5ccc(C(F)(F)F)cc5)nc5c4oc4ccccc45)CN3C2=O)n1. The van der Waals surface area contributed by atoms with Crippen LogP contribution in [0.5, 0.6) is 5.88 Å². The van der Waals surface area contributed by atoms with Crippen LogP contribution in [0, 0.1) is 17.3 Å². The molecule has 4 fully saturated rings. The Balaban J connectivity index is 0.990. The Labute approximate surface area is 381 Å². The lowest BCUT2D eigenvalue weighted by Crippen LogP contribution is -2.46. The molecule has 3 amide bonds. The summed E-state index contributed by atoms with van der Waals surface area (Å²) in [5, 5.41) is 5.19. The fourth-order valence-corrected chi connectivity index (χ4v) is 11.5. The topological polar surface area (TPSA) is 191 Å². The Morgan fingerprint density at radius 2 is 1.76 bits per heavy atom. The van der Waals surface area contributed by atoms with E-state index in [1.54, 1.807) is 29.6 Å². The number of halogens is 3. The predicted octanol–water partition coefficient (Wildman–Crippen LogP) is 7.71. The molecule has 0 bridgehead atoms. The molecule has 1 saturated heterocycles. The number of aromatic nitrogens is 3. The first-order valence-electron chi connectivity index (χ1n) is 22.5. The molecule has 2 aliphatic heterocycles. The van der Waals surface area contributed by atoms with Gasteiger partial charge in [0.2, 0.25) is 27.4 Å². The number of ketones is 1. The molecule has 14 nitrogen and oxygen atoms in total. The van der Waals surface area contributed by atoms with Gasteiger partial charge in [-0.1, -0.05) is 49.3 Å². The summed E-state index contributed by atoms with van der Waals surface area (Å²) in [5.41, 5.74) is -0.638. The minimum Gasteiger partial charge on any atom is -0.470 e. The lowest BCUT2D eigenvalue weighted by Gasteiger charge is -2.29. The average Bonchev–Trinajstić information content (AvgIpc) is 4.26. The first-order valence-corrected chi connectivity index (χ1v) is 24.9. The highest BCUT2D eigenvalue weighted by Crippen LogP contribution is 2.57. The van der Waals surface area contributed by atoms with Gasteiger partial charge in [-0.15, -0.1) is 11.3 Å². The molecule has 3 saturated carbocycles. The number of fused-ring (bicyclic) bond motifs is 5. The molecule has 0 spiro atoms. The van der Waals surface area contributed by atoms with Crippen molar-refractivity contribution in [3.8, 4) is 17.3 Å². The minimum atomic E-state index is -4.56. The third-order valence-corrected chi connectivity index (χ3v) is 16.1. The first-order chi connectivity index (χ1) is 31.6. The van der Waals surface area contributed by atoms with Crippen molar-refractivity contribution in [1.29, 1.82) is 0 Å². The maximum atomic E-state index is 15.1. The number of ether oxygens (including phenoxy) is 1. The van der Waals surface area contributed by atoms with Gasteiger partial charge >= 0.3 is 6.18 Å². The third-order valence-electron chi connectivity index (χ3n) is 13.4. The highest BCUT2D eigenvalue weighted by Gasteiger charge is 2.61. The molecule has 346 valence electrons. The Morgan fingerprint density at radius 1 is 0.970 bits per heavy atom. The number of alkyl halides is 3. The van der Waals surface area contributed by atoms with Crippen LogP contribution in [0.4, 0.5) is 13.2 Å². The second-order valence-corrected chi connectivity index (χ2v) is 21.2. The Hall–Kier alpha value is -5.69. The number of Topliss-reactive ketones (excluding diaryl/α,β-unsaturated/α-hetero) is 1. The lowest BCUT2D eigenvalue weighted by molar-refractivity contribution is -0.142. The third kappa shape index (κ3) is 9.07. The smallest absolute Gasteiger partial charge is 0.416 e. The number of nitrogens with zero attached hydrogens (tertiary/aromatic N) is 4. The number of benzene rings is 2. The van der Waals surface area contributed by atoms with Crippen molar-refractivity contribution in [1.82, 2.24) is 29.9 Å². The van der Waals surface area contributed by atoms with Gasteiger partial charge in [-0.3, -0.25) is 23.9 Å². The van der Waals surface area contributed by atoms with Crippen molar-refractivity contribution in [3.05, 3.63) is 82.3 Å². The Bertz CT molecular complexity index is 2870. The molecule has 2 aromatic carbocycles. The Kier molecular flexibility index (Phi) is 11.5. The molecular weight excluding hydrogens is 898 g/mol. The van der Waals surface area contributed by atoms with Crippen molar-refractivity contribution in [2.45, 2.75) is 113 Å². The summed E-state index contributed by atoms with van der Waals surface area (Å²) in [5.74, 6) is -2.72. The van der Waals surface area contributed by atoms with Crippen LogP contribution >= 0.6 is 11.3 Å². The normalized spacial score (nSPS) is 25.7. The number of carbonyl (C=O) groups is 4. The van der Waals surface area contributed by atoms with E-state index in [0.717, 1.165) is 37.8 Å². The maximum Gasteiger partial charge on any atom is 0.416 e. The number of thiazole rings is 1. The number of hydrogen-bond acceptors (Lipinski definition) is 12. The molecule has 19 heteroatoms. The van der Waals surface area contributed by atoms with Gasteiger partial charge in [0.25, 0.3) is 11.8 Å². The van der Waals surface area contributed by atoms with Gasteiger partial charge in [0, 0.05) is 47.6 Å². The van der Waals surface area contributed by atoms with Crippen LogP contribution in [-0.4, -0.2) is 81.8 Å². The molecule has 3 aliphatic carbocycles. The van der Waals surface area contributed by atoms with Crippen molar-refractivity contribution in [3.63, 3.8) is 0 Å². The fraction of sp³-hybridized carbons (Fsp3) is 0.468. The van der Waals surface area contributed by atoms with Crippen molar-refractivity contribution < 1.29 is 49.9 Å². The molecule has 3 aromatic heterocycles. The van der Waals surface area contributed by atoms with Crippen molar-refractivity contribution in [2.24, 2.45) is 17.3 Å². The number of sulfonamides is 1. The zero-order chi connectivity index (χ0) is 46.0. The van der Waals surface area contributed by atoms with Crippen LogP contribution in [0.2, 0.25) is 0 Å². The molecule has 5 aromatic rings. The van der Waals surface area contributed by atoms with E-state index >= 15 is 4.79 Å². The summed E-state index contributed by atoms with van der Waals surface area (Å²) in [6.45, 7) is -0.0709. The van der Waals surface area contributed by atoms with Gasteiger partial charge in [0.1, 0.15) is 22.9 Å². The highest BCUT2D eigenvalue weighted by molar-refractivity contribution is 7.90. The van der Waals surface area contributed by atoms with Gasteiger partial charge in [-0.05, 0) is 81.5 Å². The lowest BCUT2D eigenvalue weighted by atomic mass is 9.90. The second kappa shape index (κ2) is 17.2. The van der Waals surface area contributed by atoms with E-state index in [1.807, 2.05) is 12.2 Å². The van der Waals surface area contributed by atoms with Gasteiger partial charge in [0.05, 0.1) is 33.8 Å². The van der Waals surface area contributed by atoms with E-state index in [4.69, 9.17) is 14.1 Å². The Morgan fingerprint density at radius 3 is 2.52 bits per heavy atom. The number of nitrogens with one attached hydrogen (secondary N) is 2. The monoisotopic (exact) mass is 944 g/mol. The van der Waals surface area contributed by atoms with Gasteiger partial charge in [-0.25, -0.2) is 18.4 Å². The zero-order valence-electron chi connectivity index (χ0n) is 35.7. The number of furan rings is 1. The van der Waals surface area contributed by atoms with E-state index in [-0.39, 0.29) is 84.5 Å². The molecule has 5 aliphatic rings. The van der Waals surface area contributed by atoms with Crippen LogP contribution in [0.1, 0.15) is 98.1 Å². The number of hydrogen-bond donors (Lipinski definition) is 2. The molecule has 66 heavy (non-hydrogen) atoms. The van der Waals surface area contributed by atoms with Gasteiger partial charge in [-0.2, -0.15) is 18.2 Å². The van der Waals surface area contributed by atoms with Crippen LogP contribution in [-0.2, 0) is 37.0 Å². The molecular formula is C47H47F3N6O8S2. The van der Waals surface area contributed by atoms with Gasteiger partial charge < -0.3 is 19.4 Å². The molecule has 2 N–H and O–H groups in total. The van der Waals surface area contributed by atoms with Crippen LogP contribution < -0.4 is 14.8 Å². The first kappa shape index (κ1) is 44.2. The fourth-order valence-electron chi connectivity index (χ4n) is 9.27. The second-order valence-electron chi connectivity index (χ2n) is 18.3. The van der Waals surface area contributed by atoms with E-state index in [9.17, 15) is 36.0 Å². The van der Waals surface area contributed by atoms with E-state index in [0.29, 0.717) is 53.6 Å². The van der Waals surface area contributed by atoms with E-state index in [1.165, 1.54) is 28.4 Å². The van der Waals surface area contributed by atoms with E-state index < -0.39 is 62.2 Å². The summed E-state index contributed by atoms with van der Waals surface area (Å²) >= 11 is 1.29. The number of allylic oxidation sites excluding steroid dienone is 2. The van der Waals surface area contributed by atoms with Crippen LogP contribution in [0.15, 0.2) is 70.5 Å². The predicted molar refractivity (Wildman–Crippen MR) is 237 cm³/mol. The highest BCUT2D eigenvalue weighted by atomic mass is 32.2. The maximum absolute atomic E-state index is 15.1. The zero-order valence-corrected chi connectivity index (χ0v) is 37.4. The molecule has 5 atom stereocenters. The van der Waals surface area contributed by atoms with Crippen molar-refractivity contribution in [2.75, 3.05) is 6.54 Å². The molecule has 0 radical (unpaired) electrons. The van der Waals surface area contributed by atoms with E-state index in [2.05, 4.69) is 20.0 Å². The largest absolute Gasteiger partial charge is 0.470 e. The molecule has 5 heterocycles. The molecule has 0 unspecified atom stereocenters. The summed E-state index contributed by atoms with van der Waals surface area (Å²) < 4.78 is 81.8. The standard InChI is InChI=1S/C47H47F3N6O8S2/c48-47(49,50)28-14-12-26(13-15-28)41-53-39-33-10-6-7-11-37(33)64-40(39)43(54-41)63-31-21-35-36(57)23-46(45(60)55-66(61,62)32-18-19-32)22-29(46)9-5-3-1-2-4-8-27(44(59)56(35)24-31)20-38-52-34(25-65-38)42(58)51-30-16-17-30/h5-7,9-15,25,27,29-32,35H,1-4,8,16-24H2,(H,51,58)(H,55,60)/b9-5-/t27-,29-,31-,35+,46-/m1/s1. The summed E-state index contributed by atoms with van der Waals surface area (Å²) in [6, 6.07) is 10.6. The number of amides is 3. The van der Waals surface area contributed by atoms with Gasteiger partial charge in [0.15, 0.2) is 11.6 Å². The number of carbonyl (C=O) groups excluding carboxylic acids is 4. The van der Waals surface area contributed by atoms with Crippen LogP contribution in [0.3, 0.4) is 0 Å². The quantitative estimate of drug-likeness (QED) is 0.130. The summed E-state index contributed by atoms with van der Waals surface area (Å²) in [6.07, 6.45) is 4.87. The average molecular weight is 945 g/mol. The summed E-state index contributed by atoms with van der Waals surface area (Å²) in [4.78, 5) is 72.3. The number of rotatable bonds is 10. The summed E-state index contributed by atoms with van der Waals surface area (Å²) in [7, 11) is -3.92.